The van der Waals surface area contributed by atoms with Gasteiger partial charge in [-0.1, -0.05) is 26.2 Å². The number of imidazole rings is 1. The monoisotopic (exact) mass is 356 g/mol. The number of nitrogen functional groups attached to an aromatic ring is 1. The Morgan fingerprint density at radius 2 is 2.08 bits per heavy atom. The largest absolute Gasteiger partial charge is 0.382 e. The van der Waals surface area contributed by atoms with Crippen molar-refractivity contribution in [2.24, 2.45) is 17.8 Å². The molecule has 140 valence electrons. The molecule has 0 spiro atoms. The number of amides is 1. The molecule has 1 aliphatic carbocycles. The van der Waals surface area contributed by atoms with Crippen LogP contribution >= 0.6 is 0 Å². The third-order valence-corrected chi connectivity index (χ3v) is 6.13. The van der Waals surface area contributed by atoms with Crippen LogP contribution in [0.15, 0.2) is 12.7 Å². The van der Waals surface area contributed by atoms with Gasteiger partial charge in [-0.15, -0.1) is 0 Å². The van der Waals surface area contributed by atoms with Crippen LogP contribution in [0.1, 0.15) is 45.4 Å². The molecule has 2 fully saturated rings. The van der Waals surface area contributed by atoms with Gasteiger partial charge in [0.2, 0.25) is 5.91 Å². The Morgan fingerprint density at radius 3 is 2.88 bits per heavy atom. The Kier molecular flexibility index (Phi) is 4.78. The maximum absolute atomic E-state index is 12.4. The minimum atomic E-state index is 0.281. The molecule has 4 rings (SSSR count). The number of nitrogens with two attached hydrogens (primary N) is 1. The van der Waals surface area contributed by atoms with E-state index >= 15 is 0 Å². The number of carbonyl (C=O) groups excluding carboxylic acids is 1. The molecule has 0 radical (unpaired) electrons. The first-order chi connectivity index (χ1) is 12.6. The van der Waals surface area contributed by atoms with Crippen LogP contribution in [0.3, 0.4) is 0 Å². The zero-order valence-electron chi connectivity index (χ0n) is 15.5. The van der Waals surface area contributed by atoms with Gasteiger partial charge in [-0.25, -0.2) is 15.0 Å². The predicted molar refractivity (Wildman–Crippen MR) is 100 cm³/mol. The zero-order valence-corrected chi connectivity index (χ0v) is 15.5. The molecule has 1 amide bonds. The summed E-state index contributed by atoms with van der Waals surface area (Å²) in [6, 6.07) is 0. The van der Waals surface area contributed by atoms with E-state index in [0.29, 0.717) is 17.8 Å². The van der Waals surface area contributed by atoms with Gasteiger partial charge >= 0.3 is 0 Å². The van der Waals surface area contributed by atoms with Gasteiger partial charge in [0.15, 0.2) is 11.5 Å². The van der Waals surface area contributed by atoms with Crippen LogP contribution < -0.4 is 5.73 Å². The minimum absolute atomic E-state index is 0.281. The van der Waals surface area contributed by atoms with Gasteiger partial charge in [0.1, 0.15) is 11.8 Å². The van der Waals surface area contributed by atoms with Gasteiger partial charge < -0.3 is 15.2 Å². The second-order valence-electron chi connectivity index (χ2n) is 8.06. The fraction of sp³-hybridized carbons (Fsp3) is 0.684. The second-order valence-corrected chi connectivity index (χ2v) is 8.06. The average molecular weight is 356 g/mol. The molecule has 7 heteroatoms. The smallest absolute Gasteiger partial charge is 0.222 e. The molecule has 2 atom stereocenters. The number of hydrogen-bond acceptors (Lipinski definition) is 5. The van der Waals surface area contributed by atoms with E-state index in [1.807, 2.05) is 9.47 Å². The molecule has 3 heterocycles. The van der Waals surface area contributed by atoms with Gasteiger partial charge in [-0.2, -0.15) is 0 Å². The third kappa shape index (κ3) is 3.39. The van der Waals surface area contributed by atoms with E-state index in [2.05, 4.69) is 21.9 Å². The lowest BCUT2D eigenvalue weighted by Gasteiger charge is -2.45. The SMILES string of the molecule is CC1CCCC(C2CN(C(=O)CCCn3cnc4c(N)ncnc43)C2)C1. The van der Waals surface area contributed by atoms with Crippen molar-refractivity contribution in [1.82, 2.24) is 24.4 Å². The summed E-state index contributed by atoms with van der Waals surface area (Å²) in [5.74, 6) is 3.11. The number of nitrogens with zero attached hydrogens (tertiary/aromatic N) is 5. The summed E-state index contributed by atoms with van der Waals surface area (Å²) in [4.78, 5) is 26.9. The number of aryl methyl sites for hydroxylation is 1. The van der Waals surface area contributed by atoms with Crippen LogP contribution in [0.25, 0.3) is 11.2 Å². The quantitative estimate of drug-likeness (QED) is 0.889. The van der Waals surface area contributed by atoms with E-state index in [9.17, 15) is 4.79 Å². The van der Waals surface area contributed by atoms with E-state index < -0.39 is 0 Å². The highest BCUT2D eigenvalue weighted by Gasteiger charge is 2.37. The Bertz CT molecular complexity index is 781. The molecule has 1 saturated heterocycles. The number of hydrogen-bond donors (Lipinski definition) is 1. The number of likely N-dealkylation sites (tertiary alicyclic amines) is 1. The lowest BCUT2D eigenvalue weighted by molar-refractivity contribution is -0.139. The van der Waals surface area contributed by atoms with Gasteiger partial charge in [0.05, 0.1) is 6.33 Å². The first-order valence-electron chi connectivity index (χ1n) is 9.81. The Morgan fingerprint density at radius 1 is 1.23 bits per heavy atom. The maximum Gasteiger partial charge on any atom is 0.222 e. The van der Waals surface area contributed by atoms with E-state index in [0.717, 1.165) is 49.5 Å². The van der Waals surface area contributed by atoms with Crippen molar-refractivity contribution in [3.63, 3.8) is 0 Å². The molecule has 0 aromatic carbocycles. The fourth-order valence-electron chi connectivity index (χ4n) is 4.54. The summed E-state index contributed by atoms with van der Waals surface area (Å²) in [5, 5.41) is 0. The summed E-state index contributed by atoms with van der Waals surface area (Å²) in [7, 11) is 0. The maximum atomic E-state index is 12.4. The van der Waals surface area contributed by atoms with Crippen molar-refractivity contribution in [2.75, 3.05) is 18.8 Å². The van der Waals surface area contributed by atoms with Gasteiger partial charge in [-0.05, 0) is 30.6 Å². The fourth-order valence-corrected chi connectivity index (χ4v) is 4.54. The topological polar surface area (TPSA) is 89.9 Å². The molecule has 7 nitrogen and oxygen atoms in total. The van der Waals surface area contributed by atoms with Gasteiger partial charge in [0.25, 0.3) is 0 Å². The van der Waals surface area contributed by atoms with Crippen LogP contribution in [0.4, 0.5) is 5.82 Å². The molecule has 0 bridgehead atoms. The molecule has 2 unspecified atom stereocenters. The zero-order chi connectivity index (χ0) is 18.1. The normalized spacial score (nSPS) is 24.0. The van der Waals surface area contributed by atoms with Crippen molar-refractivity contribution >= 4 is 22.9 Å². The number of rotatable bonds is 5. The standard InChI is InChI=1S/C19H28N6O/c1-13-4-2-5-14(8-13)15-9-25(10-15)16(26)6-3-7-24-12-23-17-18(20)21-11-22-19(17)24/h11-15H,2-10H2,1H3,(H2,20,21,22). The Balaban J connectivity index is 1.23. The molecule has 26 heavy (non-hydrogen) atoms. The van der Waals surface area contributed by atoms with Crippen molar-refractivity contribution < 1.29 is 4.79 Å². The first-order valence-corrected chi connectivity index (χ1v) is 9.81. The van der Waals surface area contributed by atoms with Crippen LogP contribution in [-0.2, 0) is 11.3 Å². The van der Waals surface area contributed by atoms with Gasteiger partial charge in [0, 0.05) is 26.1 Å². The number of carbonyl (C=O) groups is 1. The van der Waals surface area contributed by atoms with Crippen LogP contribution in [0.2, 0.25) is 0 Å². The average Bonchev–Trinajstić information content (AvgIpc) is 2.98. The molecular weight excluding hydrogens is 328 g/mol. The molecule has 2 aromatic rings. The van der Waals surface area contributed by atoms with E-state index in [1.54, 1.807) is 6.33 Å². The highest BCUT2D eigenvalue weighted by Crippen LogP contribution is 2.37. The minimum Gasteiger partial charge on any atom is -0.382 e. The predicted octanol–water partition coefficient (Wildman–Crippen LogP) is 2.47. The highest BCUT2D eigenvalue weighted by atomic mass is 16.2. The Labute approximate surface area is 154 Å². The van der Waals surface area contributed by atoms with Crippen molar-refractivity contribution in [2.45, 2.75) is 52.0 Å². The van der Waals surface area contributed by atoms with Crippen molar-refractivity contribution in [1.29, 1.82) is 0 Å². The van der Waals surface area contributed by atoms with Crippen LogP contribution in [-0.4, -0.2) is 43.4 Å². The van der Waals surface area contributed by atoms with Crippen LogP contribution in [0, 0.1) is 17.8 Å². The summed E-state index contributed by atoms with van der Waals surface area (Å²) < 4.78 is 1.95. The number of aromatic nitrogens is 4. The van der Waals surface area contributed by atoms with Gasteiger partial charge in [-0.3, -0.25) is 4.79 Å². The van der Waals surface area contributed by atoms with E-state index in [-0.39, 0.29) is 5.91 Å². The van der Waals surface area contributed by atoms with E-state index in [1.165, 1.54) is 32.0 Å². The number of fused-ring (bicyclic) bond motifs is 1. The summed E-state index contributed by atoms with van der Waals surface area (Å²) in [6.45, 7) is 5.02. The highest BCUT2D eigenvalue weighted by molar-refractivity contribution is 5.81. The van der Waals surface area contributed by atoms with Crippen molar-refractivity contribution in [3.8, 4) is 0 Å². The third-order valence-electron chi connectivity index (χ3n) is 6.13. The number of anilines is 1. The molecule has 2 aliphatic rings. The van der Waals surface area contributed by atoms with Crippen LogP contribution in [0.5, 0.6) is 0 Å². The molecule has 2 aromatic heterocycles. The molecule has 1 aliphatic heterocycles. The van der Waals surface area contributed by atoms with E-state index in [4.69, 9.17) is 5.73 Å². The lowest BCUT2D eigenvalue weighted by atomic mass is 9.73. The second kappa shape index (κ2) is 7.21. The Hall–Kier alpha value is -2.18. The molecular formula is C19H28N6O. The first kappa shape index (κ1) is 17.2. The summed E-state index contributed by atoms with van der Waals surface area (Å²) >= 11 is 0. The summed E-state index contributed by atoms with van der Waals surface area (Å²) in [5.41, 5.74) is 7.17. The molecule has 1 saturated carbocycles. The van der Waals surface area contributed by atoms with Crippen molar-refractivity contribution in [3.05, 3.63) is 12.7 Å². The molecule has 2 N–H and O–H groups in total. The summed E-state index contributed by atoms with van der Waals surface area (Å²) in [6.07, 6.45) is 10.00. The lowest BCUT2D eigenvalue weighted by Crippen LogP contribution is -2.53.